The van der Waals surface area contributed by atoms with Gasteiger partial charge in [0.1, 0.15) is 4.83 Å². The van der Waals surface area contributed by atoms with Gasteiger partial charge >= 0.3 is 0 Å². The van der Waals surface area contributed by atoms with E-state index in [1.54, 1.807) is 30.5 Å². The minimum Gasteiger partial charge on any atom is -0.369 e. The van der Waals surface area contributed by atoms with E-state index in [9.17, 15) is 8.42 Å². The highest BCUT2D eigenvalue weighted by Gasteiger charge is 2.30. The van der Waals surface area contributed by atoms with Crippen LogP contribution in [-0.4, -0.2) is 26.5 Å². The van der Waals surface area contributed by atoms with Crippen molar-refractivity contribution in [3.05, 3.63) is 47.6 Å². The van der Waals surface area contributed by atoms with Gasteiger partial charge in [-0.3, -0.25) is 0 Å². The number of pyridine rings is 1. The van der Waals surface area contributed by atoms with Crippen LogP contribution in [0.4, 0.5) is 5.69 Å². The first-order valence-electron chi connectivity index (χ1n) is 7.70. The summed E-state index contributed by atoms with van der Waals surface area (Å²) in [7, 11) is -3.61. The number of hydrogen-bond donors (Lipinski definition) is 0. The van der Waals surface area contributed by atoms with Crippen molar-refractivity contribution in [2.24, 2.45) is 0 Å². The predicted molar refractivity (Wildman–Crippen MR) is 98.0 cm³/mol. The van der Waals surface area contributed by atoms with Gasteiger partial charge in [-0.15, -0.1) is 11.3 Å². The number of benzene rings is 1. The van der Waals surface area contributed by atoms with Gasteiger partial charge in [0, 0.05) is 29.7 Å². The van der Waals surface area contributed by atoms with Gasteiger partial charge in [0.25, 0.3) is 0 Å². The first-order chi connectivity index (χ1) is 11.6. The second-order valence-electron chi connectivity index (χ2n) is 5.75. The Morgan fingerprint density at radius 2 is 1.79 bits per heavy atom. The lowest BCUT2D eigenvalue weighted by Gasteiger charge is -2.19. The van der Waals surface area contributed by atoms with Crippen molar-refractivity contribution in [2.75, 3.05) is 18.0 Å². The van der Waals surface area contributed by atoms with E-state index in [-0.39, 0.29) is 4.90 Å². The van der Waals surface area contributed by atoms with Crippen molar-refractivity contribution in [3.63, 3.8) is 0 Å². The Bertz CT molecular complexity index is 991. The predicted octanol–water partition coefficient (Wildman–Crippen LogP) is 4.38. The first-order valence-corrected chi connectivity index (χ1v) is 10.4. The summed E-state index contributed by atoms with van der Waals surface area (Å²) in [5, 5.41) is 1.43. The number of thiophene rings is 1. The smallest absolute Gasteiger partial charge is 0.218 e. The molecule has 2 aromatic heterocycles. The van der Waals surface area contributed by atoms with Crippen LogP contribution in [0.15, 0.2) is 51.7 Å². The monoisotopic (exact) mass is 378 g/mol. The summed E-state index contributed by atoms with van der Waals surface area (Å²) in [4.78, 5) is 7.55. The first kappa shape index (κ1) is 15.9. The molecular weight excluding hydrogens is 364 g/mol. The van der Waals surface area contributed by atoms with Crippen molar-refractivity contribution < 1.29 is 8.42 Å². The van der Waals surface area contributed by atoms with Gasteiger partial charge in [-0.25, -0.2) is 13.4 Å². The number of fused-ring (bicyclic) bond motifs is 1. The van der Waals surface area contributed by atoms with Crippen LogP contribution in [0.2, 0.25) is 5.02 Å². The Morgan fingerprint density at radius 3 is 2.50 bits per heavy atom. The highest BCUT2D eigenvalue weighted by molar-refractivity contribution is 7.93. The van der Waals surface area contributed by atoms with E-state index >= 15 is 0 Å². The van der Waals surface area contributed by atoms with E-state index in [1.165, 1.54) is 11.3 Å². The van der Waals surface area contributed by atoms with Crippen molar-refractivity contribution in [3.8, 4) is 0 Å². The van der Waals surface area contributed by atoms with Gasteiger partial charge in [0.2, 0.25) is 9.84 Å². The molecule has 0 N–H and O–H groups in total. The molecule has 24 heavy (non-hydrogen) atoms. The molecule has 7 heteroatoms. The number of halogens is 1. The third-order valence-corrected chi connectivity index (χ3v) is 7.83. The lowest BCUT2D eigenvalue weighted by Crippen LogP contribution is -2.19. The van der Waals surface area contributed by atoms with E-state index in [0.29, 0.717) is 9.23 Å². The van der Waals surface area contributed by atoms with Crippen LogP contribution in [0.25, 0.3) is 10.2 Å². The topological polar surface area (TPSA) is 50.3 Å². The Morgan fingerprint density at radius 1 is 1.08 bits per heavy atom. The number of hydrogen-bond acceptors (Lipinski definition) is 5. The standard InChI is InChI=1S/C17H15ClN2O2S2/c18-12-5-7-13(8-6-12)24(21,22)17-15(20-10-1-2-11-20)14-4-3-9-19-16(14)23-17/h3-9H,1-2,10-11H2. The molecular formula is C17H15ClN2O2S2. The second kappa shape index (κ2) is 6.02. The number of nitrogens with zero attached hydrogens (tertiary/aromatic N) is 2. The highest BCUT2D eigenvalue weighted by atomic mass is 35.5. The number of sulfone groups is 1. The summed E-state index contributed by atoms with van der Waals surface area (Å²) in [6.07, 6.45) is 3.86. The van der Waals surface area contributed by atoms with Crippen LogP contribution < -0.4 is 4.90 Å². The van der Waals surface area contributed by atoms with Gasteiger partial charge in [0.05, 0.1) is 10.6 Å². The summed E-state index contributed by atoms with van der Waals surface area (Å²) in [6, 6.07) is 10.1. The van der Waals surface area contributed by atoms with E-state index in [1.807, 2.05) is 12.1 Å². The summed E-state index contributed by atoms with van der Waals surface area (Å²) < 4.78 is 26.8. The fourth-order valence-corrected chi connectivity index (χ4v) is 6.23. The van der Waals surface area contributed by atoms with E-state index in [2.05, 4.69) is 9.88 Å². The fourth-order valence-electron chi connectivity index (χ4n) is 3.04. The Labute approximate surface area is 149 Å². The maximum atomic E-state index is 13.2. The van der Waals surface area contributed by atoms with Gasteiger partial charge in [-0.1, -0.05) is 11.6 Å². The molecule has 0 bridgehead atoms. The number of anilines is 1. The summed E-state index contributed by atoms with van der Waals surface area (Å²) >= 11 is 7.14. The molecule has 1 fully saturated rings. The molecule has 3 heterocycles. The van der Waals surface area contributed by atoms with Crippen LogP contribution in [0, 0.1) is 0 Å². The van der Waals surface area contributed by atoms with Gasteiger partial charge in [0.15, 0.2) is 4.21 Å². The Hall–Kier alpha value is -1.63. The molecule has 0 unspecified atom stereocenters. The normalized spacial score (nSPS) is 15.3. The minimum atomic E-state index is -3.61. The van der Waals surface area contributed by atoms with Gasteiger partial charge in [-0.2, -0.15) is 0 Å². The highest BCUT2D eigenvalue weighted by Crippen LogP contribution is 2.43. The summed E-state index contributed by atoms with van der Waals surface area (Å²) in [5.41, 5.74) is 0.801. The third kappa shape index (κ3) is 2.59. The molecule has 1 aromatic carbocycles. The van der Waals surface area contributed by atoms with Crippen LogP contribution in [0.1, 0.15) is 12.8 Å². The lowest BCUT2D eigenvalue weighted by atomic mass is 10.3. The van der Waals surface area contributed by atoms with Crippen LogP contribution in [0.3, 0.4) is 0 Å². The van der Waals surface area contributed by atoms with Crippen molar-refractivity contribution in [1.29, 1.82) is 0 Å². The fraction of sp³-hybridized carbons (Fsp3) is 0.235. The molecule has 0 spiro atoms. The Kier molecular flexibility index (Phi) is 3.98. The summed E-state index contributed by atoms with van der Waals surface area (Å²) in [6.45, 7) is 1.76. The molecule has 4 rings (SSSR count). The average Bonchev–Trinajstić information content (AvgIpc) is 3.22. The molecule has 0 saturated carbocycles. The van der Waals surface area contributed by atoms with Crippen molar-refractivity contribution in [1.82, 2.24) is 4.98 Å². The number of rotatable bonds is 3. The molecule has 1 saturated heterocycles. The Balaban J connectivity index is 1.95. The zero-order valence-electron chi connectivity index (χ0n) is 12.8. The molecule has 124 valence electrons. The molecule has 0 atom stereocenters. The maximum Gasteiger partial charge on any atom is 0.218 e. The zero-order valence-corrected chi connectivity index (χ0v) is 15.2. The minimum absolute atomic E-state index is 0.263. The van der Waals surface area contributed by atoms with Crippen molar-refractivity contribution >= 4 is 48.7 Å². The van der Waals surface area contributed by atoms with E-state index in [0.717, 1.165) is 41.8 Å². The molecule has 0 aliphatic carbocycles. The summed E-state index contributed by atoms with van der Waals surface area (Å²) in [5.74, 6) is 0. The largest absolute Gasteiger partial charge is 0.369 e. The second-order valence-corrected chi connectivity index (χ2v) is 9.33. The molecule has 1 aliphatic heterocycles. The quantitative estimate of drug-likeness (QED) is 0.678. The molecule has 3 aromatic rings. The van der Waals surface area contributed by atoms with E-state index in [4.69, 9.17) is 11.6 Å². The SMILES string of the molecule is O=S(=O)(c1ccc(Cl)cc1)c1sc2ncccc2c1N1CCCC1. The van der Waals surface area contributed by atoms with Gasteiger partial charge in [-0.05, 0) is 49.2 Å². The maximum absolute atomic E-state index is 13.2. The van der Waals surface area contributed by atoms with Crippen LogP contribution in [0.5, 0.6) is 0 Å². The van der Waals surface area contributed by atoms with Gasteiger partial charge < -0.3 is 4.90 Å². The molecule has 4 nitrogen and oxygen atoms in total. The van der Waals surface area contributed by atoms with Crippen LogP contribution >= 0.6 is 22.9 Å². The molecule has 0 radical (unpaired) electrons. The average molecular weight is 379 g/mol. The van der Waals surface area contributed by atoms with Crippen molar-refractivity contribution in [2.45, 2.75) is 21.9 Å². The third-order valence-electron chi connectivity index (χ3n) is 4.20. The molecule has 1 aliphatic rings. The van der Waals surface area contributed by atoms with Crippen LogP contribution in [-0.2, 0) is 9.84 Å². The lowest BCUT2D eigenvalue weighted by molar-refractivity contribution is 0.598. The van der Waals surface area contributed by atoms with E-state index < -0.39 is 9.84 Å². The zero-order chi connectivity index (χ0) is 16.7. The number of aromatic nitrogens is 1. The molecule has 0 amide bonds.